The number of hydrogen-bond acceptors (Lipinski definition) is 7. The molecule has 0 bridgehead atoms. The van der Waals surface area contributed by atoms with Gasteiger partial charge in [-0.15, -0.1) is 0 Å². The molecule has 2 aromatic heterocycles. The third-order valence-corrected chi connectivity index (χ3v) is 4.24. The van der Waals surface area contributed by atoms with E-state index in [1.54, 1.807) is 38.0 Å². The van der Waals surface area contributed by atoms with Crippen LogP contribution in [0.1, 0.15) is 12.5 Å². The molecule has 0 unspecified atom stereocenters. The van der Waals surface area contributed by atoms with Crippen LogP contribution in [-0.4, -0.2) is 48.2 Å². The van der Waals surface area contributed by atoms with Gasteiger partial charge in [0.2, 0.25) is 5.88 Å². The van der Waals surface area contributed by atoms with Gasteiger partial charge in [0.1, 0.15) is 17.2 Å². The van der Waals surface area contributed by atoms with Crippen molar-refractivity contribution in [2.24, 2.45) is 7.05 Å². The van der Waals surface area contributed by atoms with Crippen LogP contribution in [0.5, 0.6) is 17.4 Å². The molecule has 0 amide bonds. The van der Waals surface area contributed by atoms with Gasteiger partial charge in [-0.1, -0.05) is 0 Å². The predicted octanol–water partition coefficient (Wildman–Crippen LogP) is 2.90. The van der Waals surface area contributed by atoms with Gasteiger partial charge < -0.3 is 18.9 Å². The van der Waals surface area contributed by atoms with Gasteiger partial charge in [-0.25, -0.2) is 9.48 Å². The van der Waals surface area contributed by atoms with Crippen LogP contribution in [0.15, 0.2) is 24.3 Å². The van der Waals surface area contributed by atoms with Crippen molar-refractivity contribution < 1.29 is 23.7 Å². The number of methoxy groups -OCH3 is 2. The highest BCUT2D eigenvalue weighted by atomic mass is 16.6. The number of fused-ring (bicyclic) bond motifs is 1. The summed E-state index contributed by atoms with van der Waals surface area (Å²) >= 11 is 0. The molecule has 3 rings (SSSR count). The fourth-order valence-corrected chi connectivity index (χ4v) is 2.96. The van der Waals surface area contributed by atoms with Crippen molar-refractivity contribution >= 4 is 17.0 Å². The van der Waals surface area contributed by atoms with E-state index in [9.17, 15) is 4.79 Å². The number of rotatable bonds is 7. The van der Waals surface area contributed by atoms with Crippen molar-refractivity contribution in [2.45, 2.75) is 13.8 Å². The highest BCUT2D eigenvalue weighted by Gasteiger charge is 2.18. The molecule has 0 spiro atoms. The first-order valence-corrected chi connectivity index (χ1v) is 8.83. The van der Waals surface area contributed by atoms with Crippen LogP contribution in [0.25, 0.3) is 22.3 Å². The van der Waals surface area contributed by atoms with E-state index in [1.165, 1.54) is 0 Å². The summed E-state index contributed by atoms with van der Waals surface area (Å²) in [5.74, 6) is 1.26. The van der Waals surface area contributed by atoms with E-state index in [0.29, 0.717) is 29.6 Å². The molecule has 0 saturated heterocycles. The Labute approximate surface area is 163 Å². The van der Waals surface area contributed by atoms with Gasteiger partial charge in [0.15, 0.2) is 12.3 Å². The number of aromatic nitrogens is 3. The molecule has 0 aliphatic rings. The van der Waals surface area contributed by atoms with Crippen molar-refractivity contribution in [1.29, 1.82) is 0 Å². The van der Waals surface area contributed by atoms with E-state index in [4.69, 9.17) is 18.9 Å². The molecule has 0 N–H and O–H groups in total. The summed E-state index contributed by atoms with van der Waals surface area (Å²) in [5, 5.41) is 5.52. The van der Waals surface area contributed by atoms with E-state index < -0.39 is 5.97 Å². The molecule has 148 valence electrons. The maximum atomic E-state index is 11.5. The zero-order chi connectivity index (χ0) is 20.3. The van der Waals surface area contributed by atoms with Gasteiger partial charge in [-0.05, 0) is 31.5 Å². The van der Waals surface area contributed by atoms with Crippen LogP contribution in [0.3, 0.4) is 0 Å². The maximum Gasteiger partial charge on any atom is 0.344 e. The van der Waals surface area contributed by atoms with Crippen molar-refractivity contribution in [2.75, 3.05) is 27.4 Å². The third-order valence-electron chi connectivity index (χ3n) is 4.24. The Bertz CT molecular complexity index is 990. The third kappa shape index (κ3) is 3.85. The molecular formula is C20H23N3O5. The quantitative estimate of drug-likeness (QED) is 0.578. The molecule has 0 radical (unpaired) electrons. The van der Waals surface area contributed by atoms with Gasteiger partial charge in [0.05, 0.1) is 26.2 Å². The second-order valence-corrected chi connectivity index (χ2v) is 6.14. The fourth-order valence-electron chi connectivity index (χ4n) is 2.96. The standard InChI is InChI=1S/C20H23N3O5/c1-6-27-17(24)11-28-16-7-12(2)18-19(22-23(3)20(18)21-16)13-8-14(25-4)10-15(9-13)26-5/h7-10H,6,11H2,1-5H3. The summed E-state index contributed by atoms with van der Waals surface area (Å²) in [5.41, 5.74) is 3.19. The number of carbonyl (C=O) groups is 1. The minimum Gasteiger partial charge on any atom is -0.497 e. The number of nitrogens with zero attached hydrogens (tertiary/aromatic N) is 3. The molecule has 0 aliphatic carbocycles. The molecule has 8 heteroatoms. The second-order valence-electron chi connectivity index (χ2n) is 6.14. The SMILES string of the molecule is CCOC(=O)COc1cc(C)c2c(-c3cc(OC)cc(OC)c3)nn(C)c2n1. The summed E-state index contributed by atoms with van der Waals surface area (Å²) in [6.45, 7) is 3.81. The van der Waals surface area contributed by atoms with Crippen LogP contribution < -0.4 is 14.2 Å². The van der Waals surface area contributed by atoms with Gasteiger partial charge >= 0.3 is 5.97 Å². The number of esters is 1. The highest BCUT2D eigenvalue weighted by molar-refractivity contribution is 5.94. The normalized spacial score (nSPS) is 10.8. The highest BCUT2D eigenvalue weighted by Crippen LogP contribution is 2.35. The Morgan fingerprint density at radius 2 is 1.79 bits per heavy atom. The summed E-state index contributed by atoms with van der Waals surface area (Å²) in [6.07, 6.45) is 0. The Morgan fingerprint density at radius 1 is 1.11 bits per heavy atom. The lowest BCUT2D eigenvalue weighted by Gasteiger charge is -2.09. The zero-order valence-electron chi connectivity index (χ0n) is 16.6. The van der Waals surface area contributed by atoms with E-state index in [0.717, 1.165) is 22.2 Å². The average molecular weight is 385 g/mol. The van der Waals surface area contributed by atoms with Crippen LogP contribution in [0.4, 0.5) is 0 Å². The van der Waals surface area contributed by atoms with Crippen molar-refractivity contribution in [3.05, 3.63) is 29.8 Å². The summed E-state index contributed by atoms with van der Waals surface area (Å²) in [6, 6.07) is 7.38. The lowest BCUT2D eigenvalue weighted by Crippen LogP contribution is -2.15. The van der Waals surface area contributed by atoms with E-state index >= 15 is 0 Å². The smallest absolute Gasteiger partial charge is 0.344 e. The molecule has 28 heavy (non-hydrogen) atoms. The molecule has 0 fully saturated rings. The summed E-state index contributed by atoms with van der Waals surface area (Å²) < 4.78 is 22.8. The number of hydrogen-bond donors (Lipinski definition) is 0. The van der Waals surface area contributed by atoms with E-state index in [1.807, 2.05) is 26.1 Å². The second kappa shape index (κ2) is 8.16. The topological polar surface area (TPSA) is 84.7 Å². The number of carbonyl (C=O) groups excluding carboxylic acids is 1. The Kier molecular flexibility index (Phi) is 5.67. The number of pyridine rings is 1. The molecular weight excluding hydrogens is 362 g/mol. The van der Waals surface area contributed by atoms with Gasteiger partial charge in [0.25, 0.3) is 0 Å². The Hall–Kier alpha value is -3.29. The molecule has 8 nitrogen and oxygen atoms in total. The molecule has 3 aromatic rings. The van der Waals surface area contributed by atoms with Crippen molar-refractivity contribution in [3.63, 3.8) is 0 Å². The van der Waals surface area contributed by atoms with Crippen molar-refractivity contribution in [1.82, 2.24) is 14.8 Å². The minimum absolute atomic E-state index is 0.191. The predicted molar refractivity (Wildman–Crippen MR) is 104 cm³/mol. The minimum atomic E-state index is -0.434. The average Bonchev–Trinajstić information content (AvgIpc) is 3.03. The number of benzene rings is 1. The van der Waals surface area contributed by atoms with Crippen LogP contribution in [0.2, 0.25) is 0 Å². The van der Waals surface area contributed by atoms with Crippen LogP contribution in [-0.2, 0) is 16.6 Å². The van der Waals surface area contributed by atoms with Crippen LogP contribution >= 0.6 is 0 Å². The van der Waals surface area contributed by atoms with Crippen molar-refractivity contribution in [3.8, 4) is 28.6 Å². The monoisotopic (exact) mass is 385 g/mol. The molecule has 0 atom stereocenters. The summed E-state index contributed by atoms with van der Waals surface area (Å²) in [7, 11) is 5.02. The van der Waals surface area contributed by atoms with E-state index in [2.05, 4.69) is 10.1 Å². The van der Waals surface area contributed by atoms with Gasteiger partial charge in [-0.2, -0.15) is 10.1 Å². The lowest BCUT2D eigenvalue weighted by molar-refractivity contribution is -0.145. The molecule has 0 saturated carbocycles. The summed E-state index contributed by atoms with van der Waals surface area (Å²) in [4.78, 5) is 16.0. The zero-order valence-corrected chi connectivity index (χ0v) is 16.6. The lowest BCUT2D eigenvalue weighted by atomic mass is 10.1. The maximum absolute atomic E-state index is 11.5. The Morgan fingerprint density at radius 3 is 2.39 bits per heavy atom. The first-order chi connectivity index (χ1) is 13.5. The van der Waals surface area contributed by atoms with Gasteiger partial charge in [-0.3, -0.25) is 0 Å². The number of ether oxygens (including phenoxy) is 4. The van der Waals surface area contributed by atoms with Gasteiger partial charge in [0, 0.05) is 24.7 Å². The Balaban J connectivity index is 2.04. The molecule has 0 aliphatic heterocycles. The van der Waals surface area contributed by atoms with Crippen LogP contribution in [0, 0.1) is 6.92 Å². The molecule has 2 heterocycles. The number of aryl methyl sites for hydroxylation is 2. The first-order valence-electron chi connectivity index (χ1n) is 8.83. The molecule has 1 aromatic carbocycles. The fraction of sp³-hybridized carbons (Fsp3) is 0.350. The largest absolute Gasteiger partial charge is 0.497 e. The first kappa shape index (κ1) is 19.5. The van der Waals surface area contributed by atoms with E-state index in [-0.39, 0.29) is 6.61 Å².